The summed E-state index contributed by atoms with van der Waals surface area (Å²) in [6, 6.07) is 10.5. The molecular formula is C19H26N2O2S. The number of carbonyl (C=O) groups excluding carboxylic acids is 1. The highest BCUT2D eigenvalue weighted by Gasteiger charge is 2.24. The normalized spacial score (nSPS) is 14.8. The number of aliphatic hydroxyl groups is 1. The Labute approximate surface area is 147 Å². The number of benzene rings is 1. The number of hydrogen-bond donors (Lipinski definition) is 3. The Balaban J connectivity index is 1.86. The molecule has 0 bridgehead atoms. The van der Waals surface area contributed by atoms with E-state index in [0.29, 0.717) is 13.1 Å². The number of amides is 1. The number of carbonyl (C=O) groups is 1. The highest BCUT2D eigenvalue weighted by molar-refractivity contribution is 7.08. The molecule has 2 aromatic rings. The van der Waals surface area contributed by atoms with Gasteiger partial charge in [0.2, 0.25) is 5.91 Å². The molecule has 5 heteroatoms. The van der Waals surface area contributed by atoms with E-state index in [1.807, 2.05) is 23.8 Å². The summed E-state index contributed by atoms with van der Waals surface area (Å²) < 4.78 is 0. The van der Waals surface area contributed by atoms with Gasteiger partial charge in [-0.3, -0.25) is 4.79 Å². The molecule has 1 aromatic carbocycles. The first kappa shape index (κ1) is 18.6. The second kappa shape index (κ2) is 8.42. The topological polar surface area (TPSA) is 61.4 Å². The predicted molar refractivity (Wildman–Crippen MR) is 99.1 cm³/mol. The van der Waals surface area contributed by atoms with Crippen LogP contribution in [0.3, 0.4) is 0 Å². The van der Waals surface area contributed by atoms with Gasteiger partial charge in [-0.05, 0) is 53.8 Å². The Kier molecular flexibility index (Phi) is 6.54. The van der Waals surface area contributed by atoms with Crippen molar-refractivity contribution in [2.75, 3.05) is 13.1 Å². The lowest BCUT2D eigenvalue weighted by Gasteiger charge is -2.25. The smallest absolute Gasteiger partial charge is 0.216 e. The van der Waals surface area contributed by atoms with Gasteiger partial charge < -0.3 is 15.7 Å². The maximum absolute atomic E-state index is 10.9. The van der Waals surface area contributed by atoms with Crippen molar-refractivity contribution in [3.8, 4) is 0 Å². The molecule has 0 saturated heterocycles. The van der Waals surface area contributed by atoms with Crippen LogP contribution in [0.2, 0.25) is 0 Å². The maximum atomic E-state index is 10.9. The zero-order valence-electron chi connectivity index (χ0n) is 14.5. The molecule has 0 aliphatic heterocycles. The molecule has 0 aliphatic rings. The van der Waals surface area contributed by atoms with Crippen LogP contribution in [0.5, 0.6) is 0 Å². The van der Waals surface area contributed by atoms with E-state index in [0.717, 1.165) is 12.0 Å². The van der Waals surface area contributed by atoms with Crippen molar-refractivity contribution < 1.29 is 9.90 Å². The van der Waals surface area contributed by atoms with Gasteiger partial charge in [0.05, 0.1) is 0 Å². The van der Waals surface area contributed by atoms with E-state index in [2.05, 4.69) is 41.8 Å². The molecular weight excluding hydrogens is 320 g/mol. The largest absolute Gasteiger partial charge is 0.384 e. The van der Waals surface area contributed by atoms with E-state index in [1.165, 1.54) is 18.1 Å². The fourth-order valence-corrected chi connectivity index (χ4v) is 3.28. The van der Waals surface area contributed by atoms with Gasteiger partial charge in [0, 0.05) is 26.1 Å². The van der Waals surface area contributed by atoms with Crippen LogP contribution >= 0.6 is 11.3 Å². The molecule has 2 rings (SSSR count). The van der Waals surface area contributed by atoms with Crippen molar-refractivity contribution in [3.05, 3.63) is 57.8 Å². The van der Waals surface area contributed by atoms with Crippen LogP contribution in [0.25, 0.3) is 0 Å². The monoisotopic (exact) mass is 346 g/mol. The minimum Gasteiger partial charge on any atom is -0.384 e. The van der Waals surface area contributed by atoms with Gasteiger partial charge in [-0.2, -0.15) is 11.3 Å². The lowest BCUT2D eigenvalue weighted by atomic mass is 9.98. The maximum Gasteiger partial charge on any atom is 0.216 e. The first-order valence-corrected chi connectivity index (χ1v) is 9.14. The molecule has 4 nitrogen and oxygen atoms in total. The molecule has 0 saturated carbocycles. The number of rotatable bonds is 8. The average molecular weight is 346 g/mol. The van der Waals surface area contributed by atoms with Gasteiger partial charge in [0.15, 0.2) is 0 Å². The van der Waals surface area contributed by atoms with E-state index in [-0.39, 0.29) is 11.9 Å². The molecule has 2 atom stereocenters. The second-order valence-electron chi connectivity index (χ2n) is 6.36. The van der Waals surface area contributed by atoms with Crippen LogP contribution in [0, 0.1) is 0 Å². The van der Waals surface area contributed by atoms with Crippen LogP contribution in [0.1, 0.15) is 43.5 Å². The Morgan fingerprint density at radius 3 is 2.58 bits per heavy atom. The molecule has 2 unspecified atom stereocenters. The molecule has 0 fully saturated rings. The van der Waals surface area contributed by atoms with E-state index < -0.39 is 5.60 Å². The molecule has 130 valence electrons. The van der Waals surface area contributed by atoms with Crippen LogP contribution < -0.4 is 10.6 Å². The lowest BCUT2D eigenvalue weighted by molar-refractivity contribution is -0.118. The number of hydrogen-bond acceptors (Lipinski definition) is 4. The summed E-state index contributed by atoms with van der Waals surface area (Å²) in [7, 11) is 0. The molecule has 0 spiro atoms. The zero-order chi connectivity index (χ0) is 17.6. The molecule has 3 N–H and O–H groups in total. The predicted octanol–water partition coefficient (Wildman–Crippen LogP) is 2.99. The molecule has 0 aliphatic carbocycles. The van der Waals surface area contributed by atoms with E-state index in [1.54, 1.807) is 11.3 Å². The Morgan fingerprint density at radius 2 is 2.00 bits per heavy atom. The van der Waals surface area contributed by atoms with Gasteiger partial charge in [-0.25, -0.2) is 0 Å². The summed E-state index contributed by atoms with van der Waals surface area (Å²) in [5.41, 5.74) is 2.46. The van der Waals surface area contributed by atoms with E-state index in [4.69, 9.17) is 0 Å². The second-order valence-corrected chi connectivity index (χ2v) is 7.14. The van der Waals surface area contributed by atoms with Gasteiger partial charge in [0.1, 0.15) is 5.60 Å². The van der Waals surface area contributed by atoms with Crippen molar-refractivity contribution in [1.82, 2.24) is 10.6 Å². The van der Waals surface area contributed by atoms with Gasteiger partial charge in [0.25, 0.3) is 0 Å². The lowest BCUT2D eigenvalue weighted by Crippen LogP contribution is -2.36. The minimum absolute atomic E-state index is 0.00196. The quantitative estimate of drug-likeness (QED) is 0.689. The van der Waals surface area contributed by atoms with Crippen molar-refractivity contribution in [2.45, 2.75) is 38.8 Å². The van der Waals surface area contributed by atoms with E-state index in [9.17, 15) is 9.90 Å². The number of thiophene rings is 1. The zero-order valence-corrected chi connectivity index (χ0v) is 15.3. The molecule has 0 radical (unpaired) electrons. The first-order chi connectivity index (χ1) is 11.4. The first-order valence-electron chi connectivity index (χ1n) is 8.20. The van der Waals surface area contributed by atoms with Crippen LogP contribution in [0.4, 0.5) is 0 Å². The molecule has 1 heterocycles. The molecule has 1 aromatic heterocycles. The Morgan fingerprint density at radius 1 is 1.29 bits per heavy atom. The van der Waals surface area contributed by atoms with Crippen LogP contribution in [-0.2, 0) is 16.8 Å². The summed E-state index contributed by atoms with van der Waals surface area (Å²) in [6.07, 6.45) is 0.828. The summed E-state index contributed by atoms with van der Waals surface area (Å²) in [4.78, 5) is 10.9. The van der Waals surface area contributed by atoms with Crippen molar-refractivity contribution in [1.29, 1.82) is 0 Å². The number of nitrogens with one attached hydrogen (secondary N) is 2. The third-order valence-corrected chi connectivity index (χ3v) is 4.85. The van der Waals surface area contributed by atoms with Crippen molar-refractivity contribution in [2.24, 2.45) is 0 Å². The SMILES string of the molecule is CC(=O)NCCc1ccc(C(C)NCC(C)(O)c2ccsc2)cc1. The summed E-state index contributed by atoms with van der Waals surface area (Å²) in [5, 5.41) is 20.7. The standard InChI is InChI=1S/C19H26N2O2S/c1-14(21-13-19(3,23)18-9-11-24-12-18)17-6-4-16(5-7-17)8-10-20-15(2)22/h4-7,9,11-12,14,21,23H,8,10,13H2,1-3H3,(H,20,22). The van der Waals surface area contributed by atoms with Gasteiger partial charge in [-0.15, -0.1) is 0 Å². The highest BCUT2D eigenvalue weighted by Crippen LogP contribution is 2.23. The molecule has 1 amide bonds. The van der Waals surface area contributed by atoms with Crippen LogP contribution in [0.15, 0.2) is 41.1 Å². The summed E-state index contributed by atoms with van der Waals surface area (Å²) >= 11 is 1.59. The van der Waals surface area contributed by atoms with Gasteiger partial charge >= 0.3 is 0 Å². The van der Waals surface area contributed by atoms with Crippen LogP contribution in [-0.4, -0.2) is 24.1 Å². The highest BCUT2D eigenvalue weighted by atomic mass is 32.1. The summed E-state index contributed by atoms with van der Waals surface area (Å²) in [5.74, 6) is 0.00196. The van der Waals surface area contributed by atoms with E-state index >= 15 is 0 Å². The Hall–Kier alpha value is -1.69. The molecule has 24 heavy (non-hydrogen) atoms. The fraction of sp³-hybridized carbons (Fsp3) is 0.421. The van der Waals surface area contributed by atoms with Crippen molar-refractivity contribution >= 4 is 17.2 Å². The summed E-state index contributed by atoms with van der Waals surface area (Å²) in [6.45, 7) is 6.61. The Bertz CT molecular complexity index is 636. The third-order valence-electron chi connectivity index (χ3n) is 4.16. The van der Waals surface area contributed by atoms with Gasteiger partial charge in [-0.1, -0.05) is 24.3 Å². The average Bonchev–Trinajstić information content (AvgIpc) is 3.08. The minimum atomic E-state index is -0.868. The third kappa shape index (κ3) is 5.44. The fourth-order valence-electron chi connectivity index (χ4n) is 2.50. The van der Waals surface area contributed by atoms with Crippen molar-refractivity contribution in [3.63, 3.8) is 0 Å².